The molecular weight excluding hydrogens is 304 g/mol. The van der Waals surface area contributed by atoms with Gasteiger partial charge in [-0.05, 0) is 101 Å². The van der Waals surface area contributed by atoms with Crippen LogP contribution in [0.5, 0.6) is 0 Å². The van der Waals surface area contributed by atoms with Crippen molar-refractivity contribution in [2.24, 2.45) is 28.4 Å². The summed E-state index contributed by atoms with van der Waals surface area (Å²) in [5.41, 5.74) is 7.20. The van der Waals surface area contributed by atoms with Gasteiger partial charge in [0.2, 0.25) is 0 Å². The number of rotatable bonds is 8. The van der Waals surface area contributed by atoms with Gasteiger partial charge in [-0.3, -0.25) is 0 Å². The molecule has 2 aliphatic rings. The molecule has 3 atom stereocenters. The van der Waals surface area contributed by atoms with Crippen molar-refractivity contribution < 1.29 is 0 Å². The zero-order chi connectivity index (χ0) is 18.7. The lowest BCUT2D eigenvalue weighted by molar-refractivity contribution is 0.0737. The number of hydrogen-bond donors (Lipinski definition) is 1. The summed E-state index contributed by atoms with van der Waals surface area (Å²) in [6, 6.07) is 1.28. The average molecular weight is 351 g/mol. The molecule has 0 amide bonds. The van der Waals surface area contributed by atoms with Gasteiger partial charge in [-0.25, -0.2) is 0 Å². The summed E-state index contributed by atoms with van der Waals surface area (Å²) in [7, 11) is 4.51. The maximum absolute atomic E-state index is 6.17. The number of nitrogens with zero attached hydrogens (tertiary/aromatic N) is 1. The summed E-state index contributed by atoms with van der Waals surface area (Å²) < 4.78 is 0. The van der Waals surface area contributed by atoms with E-state index < -0.39 is 0 Å². The van der Waals surface area contributed by atoms with Gasteiger partial charge >= 0.3 is 0 Å². The molecular formula is C23H46N2. The third-order valence-electron chi connectivity index (χ3n) is 8.16. The first-order chi connectivity index (χ1) is 11.7. The highest BCUT2D eigenvalue weighted by Crippen LogP contribution is 2.50. The third kappa shape index (κ3) is 5.45. The average Bonchev–Trinajstić information content (AvgIpc) is 3.05. The normalized spacial score (nSPS) is 33.6. The monoisotopic (exact) mass is 350 g/mol. The van der Waals surface area contributed by atoms with Crippen molar-refractivity contribution in [2.75, 3.05) is 14.1 Å². The molecule has 0 aliphatic heterocycles. The molecule has 25 heavy (non-hydrogen) atoms. The molecule has 0 aromatic rings. The third-order valence-corrected chi connectivity index (χ3v) is 8.16. The number of hydrogen-bond acceptors (Lipinski definition) is 2. The lowest BCUT2D eigenvalue weighted by Gasteiger charge is -2.44. The SMILES string of the molecule is CCCC(C)(CCC(C)(C)C1CCC(N(C)C)C1)C1CCC(N)CC1. The van der Waals surface area contributed by atoms with Crippen molar-refractivity contribution in [3.8, 4) is 0 Å². The van der Waals surface area contributed by atoms with Gasteiger partial charge in [0.25, 0.3) is 0 Å². The van der Waals surface area contributed by atoms with E-state index in [2.05, 4.69) is 46.7 Å². The van der Waals surface area contributed by atoms with Crippen LogP contribution in [0.3, 0.4) is 0 Å². The fourth-order valence-corrected chi connectivity index (χ4v) is 5.87. The fourth-order valence-electron chi connectivity index (χ4n) is 5.87. The largest absolute Gasteiger partial charge is 0.328 e. The van der Waals surface area contributed by atoms with E-state index in [1.807, 2.05) is 0 Å². The minimum absolute atomic E-state index is 0.472. The highest BCUT2D eigenvalue weighted by atomic mass is 15.1. The first-order valence-electron chi connectivity index (χ1n) is 11.1. The molecule has 2 fully saturated rings. The van der Waals surface area contributed by atoms with E-state index in [0.29, 0.717) is 16.9 Å². The van der Waals surface area contributed by atoms with Crippen LogP contribution in [0.1, 0.15) is 98.3 Å². The number of nitrogens with two attached hydrogens (primary N) is 1. The summed E-state index contributed by atoms with van der Waals surface area (Å²) in [6.07, 6.45) is 15.0. The van der Waals surface area contributed by atoms with Gasteiger partial charge in [0.1, 0.15) is 0 Å². The maximum atomic E-state index is 6.17. The maximum Gasteiger partial charge on any atom is 0.00921 e. The lowest BCUT2D eigenvalue weighted by Crippen LogP contribution is -2.36. The van der Waals surface area contributed by atoms with Crippen LogP contribution in [0.4, 0.5) is 0 Å². The Bertz CT molecular complexity index is 395. The molecule has 3 unspecified atom stereocenters. The van der Waals surface area contributed by atoms with E-state index in [9.17, 15) is 0 Å². The van der Waals surface area contributed by atoms with Crippen LogP contribution in [0, 0.1) is 22.7 Å². The quantitative estimate of drug-likeness (QED) is 0.595. The smallest absolute Gasteiger partial charge is 0.00921 e. The van der Waals surface area contributed by atoms with Crippen molar-refractivity contribution >= 4 is 0 Å². The van der Waals surface area contributed by atoms with E-state index in [1.165, 1.54) is 70.6 Å². The Morgan fingerprint density at radius 3 is 1.96 bits per heavy atom. The Morgan fingerprint density at radius 2 is 1.44 bits per heavy atom. The van der Waals surface area contributed by atoms with Gasteiger partial charge in [0, 0.05) is 12.1 Å². The molecule has 148 valence electrons. The van der Waals surface area contributed by atoms with E-state index >= 15 is 0 Å². The van der Waals surface area contributed by atoms with Gasteiger partial charge in [-0.2, -0.15) is 0 Å². The van der Waals surface area contributed by atoms with Crippen LogP contribution in [0.25, 0.3) is 0 Å². The second-order valence-corrected chi connectivity index (χ2v) is 10.6. The molecule has 0 aromatic carbocycles. The molecule has 0 heterocycles. The predicted molar refractivity (Wildman–Crippen MR) is 111 cm³/mol. The van der Waals surface area contributed by atoms with Gasteiger partial charge < -0.3 is 10.6 Å². The summed E-state index contributed by atoms with van der Waals surface area (Å²) in [5.74, 6) is 1.81. The second-order valence-electron chi connectivity index (χ2n) is 10.6. The first kappa shape index (κ1) is 21.2. The summed E-state index contributed by atoms with van der Waals surface area (Å²) >= 11 is 0. The predicted octanol–water partition coefficient (Wildman–Crippen LogP) is 5.85. The first-order valence-corrected chi connectivity index (χ1v) is 11.1. The minimum Gasteiger partial charge on any atom is -0.328 e. The van der Waals surface area contributed by atoms with E-state index in [4.69, 9.17) is 5.73 Å². The summed E-state index contributed by atoms with van der Waals surface area (Å²) in [4.78, 5) is 2.45. The minimum atomic E-state index is 0.472. The van der Waals surface area contributed by atoms with E-state index in [-0.39, 0.29) is 0 Å². The molecule has 2 saturated carbocycles. The molecule has 0 bridgehead atoms. The van der Waals surface area contributed by atoms with Crippen molar-refractivity contribution in [3.63, 3.8) is 0 Å². The van der Waals surface area contributed by atoms with Crippen molar-refractivity contribution in [1.29, 1.82) is 0 Å². The molecule has 2 nitrogen and oxygen atoms in total. The van der Waals surface area contributed by atoms with Gasteiger partial charge in [-0.15, -0.1) is 0 Å². The molecule has 0 saturated heterocycles. The van der Waals surface area contributed by atoms with Crippen LogP contribution in [-0.2, 0) is 0 Å². The van der Waals surface area contributed by atoms with Gasteiger partial charge in [-0.1, -0.05) is 34.1 Å². The fraction of sp³-hybridized carbons (Fsp3) is 1.00. The van der Waals surface area contributed by atoms with Crippen molar-refractivity contribution in [2.45, 2.75) is 110 Å². The zero-order valence-electron chi connectivity index (χ0n) is 18.1. The Morgan fingerprint density at radius 1 is 0.840 bits per heavy atom. The van der Waals surface area contributed by atoms with Gasteiger partial charge in [0.15, 0.2) is 0 Å². The Kier molecular flexibility index (Phi) is 7.42. The van der Waals surface area contributed by atoms with Crippen molar-refractivity contribution in [3.05, 3.63) is 0 Å². The van der Waals surface area contributed by atoms with E-state index in [0.717, 1.165) is 17.9 Å². The Hall–Kier alpha value is -0.0800. The summed E-state index contributed by atoms with van der Waals surface area (Å²) in [5, 5.41) is 0. The highest BCUT2D eigenvalue weighted by Gasteiger charge is 2.40. The second kappa shape index (κ2) is 8.74. The summed E-state index contributed by atoms with van der Waals surface area (Å²) in [6.45, 7) is 10.1. The Balaban J connectivity index is 1.95. The molecule has 2 rings (SSSR count). The molecule has 2 heteroatoms. The molecule has 2 aliphatic carbocycles. The molecule has 0 radical (unpaired) electrons. The van der Waals surface area contributed by atoms with Crippen LogP contribution >= 0.6 is 0 Å². The van der Waals surface area contributed by atoms with E-state index in [1.54, 1.807) is 0 Å². The topological polar surface area (TPSA) is 29.3 Å². The van der Waals surface area contributed by atoms with Crippen molar-refractivity contribution in [1.82, 2.24) is 4.90 Å². The Labute approximate surface area is 158 Å². The van der Waals surface area contributed by atoms with Crippen LogP contribution in [0.15, 0.2) is 0 Å². The van der Waals surface area contributed by atoms with Crippen LogP contribution in [-0.4, -0.2) is 31.1 Å². The molecule has 0 spiro atoms. The standard InChI is InChI=1S/C23H46N2/c1-7-14-23(4,18-8-11-20(24)12-9-18)16-15-22(2,3)19-10-13-21(17-19)25(5)6/h18-21H,7-17,24H2,1-6H3. The van der Waals surface area contributed by atoms with Crippen LogP contribution < -0.4 is 5.73 Å². The van der Waals surface area contributed by atoms with Gasteiger partial charge in [0.05, 0.1) is 0 Å². The lowest BCUT2D eigenvalue weighted by atomic mass is 9.62. The zero-order valence-corrected chi connectivity index (χ0v) is 18.1. The molecule has 2 N–H and O–H groups in total. The highest BCUT2D eigenvalue weighted by molar-refractivity contribution is 4.92. The molecule has 0 aromatic heterocycles. The van der Waals surface area contributed by atoms with Crippen LogP contribution in [0.2, 0.25) is 0 Å².